The van der Waals surface area contributed by atoms with Crippen LogP contribution in [-0.2, 0) is 11.3 Å². The number of aryl methyl sites for hydroxylation is 2. The van der Waals surface area contributed by atoms with Gasteiger partial charge in [-0.1, -0.05) is 0 Å². The van der Waals surface area contributed by atoms with E-state index in [4.69, 9.17) is 4.74 Å². The second kappa shape index (κ2) is 6.20. The second-order valence-corrected chi connectivity index (χ2v) is 4.98. The lowest BCUT2D eigenvalue weighted by atomic mass is 10.2. The van der Waals surface area contributed by atoms with E-state index >= 15 is 0 Å². The molecular formula is C13H24N4O. The molecule has 1 N–H and O–H groups in total. The van der Waals surface area contributed by atoms with Gasteiger partial charge in [0.1, 0.15) is 0 Å². The molecular weight excluding hydrogens is 228 g/mol. The van der Waals surface area contributed by atoms with Crippen LogP contribution in [0.15, 0.2) is 6.20 Å². The smallest absolute Gasteiger partial charge is 0.205 e. The van der Waals surface area contributed by atoms with E-state index in [1.54, 1.807) is 7.11 Å². The molecule has 1 aliphatic rings. The molecule has 1 aromatic rings. The minimum absolute atomic E-state index is 0.563. The highest BCUT2D eigenvalue weighted by atomic mass is 16.5. The molecule has 0 spiro atoms. The van der Waals surface area contributed by atoms with Gasteiger partial charge in [-0.3, -0.25) is 0 Å². The number of methoxy groups -OCH3 is 1. The van der Waals surface area contributed by atoms with Crippen molar-refractivity contribution < 1.29 is 4.74 Å². The maximum absolute atomic E-state index is 5.11. The summed E-state index contributed by atoms with van der Waals surface area (Å²) in [5.41, 5.74) is 1.08. The molecule has 1 aromatic heterocycles. The first-order chi connectivity index (χ1) is 8.72. The molecule has 0 saturated carbocycles. The SMILES string of the molecule is COCCCn1cc(C)nc1N(C)C1CCNC1. The van der Waals surface area contributed by atoms with Crippen LogP contribution >= 0.6 is 0 Å². The van der Waals surface area contributed by atoms with Crippen molar-refractivity contribution in [2.24, 2.45) is 0 Å². The van der Waals surface area contributed by atoms with E-state index in [1.807, 2.05) is 0 Å². The average Bonchev–Trinajstić information content (AvgIpc) is 2.98. The molecule has 1 saturated heterocycles. The number of aromatic nitrogens is 2. The molecule has 0 aromatic carbocycles. The van der Waals surface area contributed by atoms with Gasteiger partial charge in [-0.2, -0.15) is 0 Å². The van der Waals surface area contributed by atoms with Crippen LogP contribution < -0.4 is 10.2 Å². The van der Waals surface area contributed by atoms with Gasteiger partial charge in [0.2, 0.25) is 5.95 Å². The Hall–Kier alpha value is -1.07. The third kappa shape index (κ3) is 3.03. The number of imidazole rings is 1. The zero-order valence-electron chi connectivity index (χ0n) is 11.6. The molecule has 1 fully saturated rings. The lowest BCUT2D eigenvalue weighted by Gasteiger charge is -2.25. The number of likely N-dealkylation sites (N-methyl/N-ethyl adjacent to an activating group) is 1. The lowest BCUT2D eigenvalue weighted by molar-refractivity contribution is 0.190. The first kappa shape index (κ1) is 13.4. The number of ether oxygens (including phenoxy) is 1. The molecule has 18 heavy (non-hydrogen) atoms. The van der Waals surface area contributed by atoms with Crippen molar-refractivity contribution in [1.82, 2.24) is 14.9 Å². The lowest BCUT2D eigenvalue weighted by Crippen LogP contribution is -2.35. The molecule has 0 amide bonds. The van der Waals surface area contributed by atoms with E-state index in [1.165, 1.54) is 6.42 Å². The Morgan fingerprint density at radius 3 is 3.11 bits per heavy atom. The summed E-state index contributed by atoms with van der Waals surface area (Å²) in [7, 11) is 3.89. The summed E-state index contributed by atoms with van der Waals surface area (Å²) in [6, 6.07) is 0.563. The molecule has 5 heteroatoms. The fraction of sp³-hybridized carbons (Fsp3) is 0.769. The van der Waals surface area contributed by atoms with Gasteiger partial charge in [0.05, 0.1) is 5.69 Å². The maximum atomic E-state index is 5.11. The van der Waals surface area contributed by atoms with Crippen LogP contribution in [0.5, 0.6) is 0 Å². The number of hydrogen-bond acceptors (Lipinski definition) is 4. The fourth-order valence-electron chi connectivity index (χ4n) is 2.49. The number of hydrogen-bond donors (Lipinski definition) is 1. The Kier molecular flexibility index (Phi) is 4.60. The molecule has 0 bridgehead atoms. The van der Waals surface area contributed by atoms with Gasteiger partial charge >= 0.3 is 0 Å². The number of anilines is 1. The minimum atomic E-state index is 0.563. The molecule has 1 atom stereocenters. The zero-order chi connectivity index (χ0) is 13.0. The number of nitrogens with zero attached hydrogens (tertiary/aromatic N) is 3. The van der Waals surface area contributed by atoms with Gasteiger partial charge in [0, 0.05) is 46.1 Å². The molecule has 2 heterocycles. The van der Waals surface area contributed by atoms with Gasteiger partial charge in [-0.25, -0.2) is 4.98 Å². The van der Waals surface area contributed by atoms with Crippen LogP contribution in [0.4, 0.5) is 5.95 Å². The monoisotopic (exact) mass is 252 g/mol. The van der Waals surface area contributed by atoms with E-state index in [9.17, 15) is 0 Å². The van der Waals surface area contributed by atoms with Gasteiger partial charge in [-0.05, 0) is 26.3 Å². The van der Waals surface area contributed by atoms with Crippen LogP contribution in [-0.4, -0.2) is 49.4 Å². The summed E-state index contributed by atoms with van der Waals surface area (Å²) in [5, 5.41) is 3.40. The highest BCUT2D eigenvalue weighted by molar-refractivity contribution is 5.34. The van der Waals surface area contributed by atoms with Crippen molar-refractivity contribution in [3.05, 3.63) is 11.9 Å². The largest absolute Gasteiger partial charge is 0.385 e. The van der Waals surface area contributed by atoms with Crippen LogP contribution in [0.3, 0.4) is 0 Å². The third-order valence-corrected chi connectivity index (χ3v) is 3.52. The van der Waals surface area contributed by atoms with Crippen molar-refractivity contribution in [3.63, 3.8) is 0 Å². The standard InChI is InChI=1S/C13H24N4O/c1-11-10-17(7-4-8-18-3)13(15-11)16(2)12-5-6-14-9-12/h10,12,14H,4-9H2,1-3H3. The predicted octanol–water partition coefficient (Wildman–Crippen LogP) is 1.03. The van der Waals surface area contributed by atoms with Crippen LogP contribution in [0.25, 0.3) is 0 Å². The molecule has 1 aliphatic heterocycles. The van der Waals surface area contributed by atoms with E-state index < -0.39 is 0 Å². The summed E-state index contributed by atoms with van der Waals surface area (Å²) >= 11 is 0. The Balaban J connectivity index is 2.05. The second-order valence-electron chi connectivity index (χ2n) is 4.98. The Labute approximate surface area is 109 Å². The number of nitrogens with one attached hydrogen (secondary N) is 1. The van der Waals surface area contributed by atoms with Crippen LogP contribution in [0.1, 0.15) is 18.5 Å². The van der Waals surface area contributed by atoms with Crippen molar-refractivity contribution in [2.45, 2.75) is 32.4 Å². The van der Waals surface area contributed by atoms with Crippen molar-refractivity contribution >= 4 is 5.95 Å². The van der Waals surface area contributed by atoms with Crippen LogP contribution in [0, 0.1) is 6.92 Å². The normalized spacial score (nSPS) is 19.4. The predicted molar refractivity (Wildman–Crippen MR) is 73.1 cm³/mol. The first-order valence-corrected chi connectivity index (χ1v) is 6.68. The summed E-state index contributed by atoms with van der Waals surface area (Å²) in [4.78, 5) is 6.96. The molecule has 5 nitrogen and oxygen atoms in total. The summed E-state index contributed by atoms with van der Waals surface area (Å²) < 4.78 is 7.36. The highest BCUT2D eigenvalue weighted by Crippen LogP contribution is 2.18. The molecule has 0 aliphatic carbocycles. The topological polar surface area (TPSA) is 42.3 Å². The van der Waals surface area contributed by atoms with Crippen molar-refractivity contribution in [1.29, 1.82) is 0 Å². The Bertz CT molecular complexity index is 371. The van der Waals surface area contributed by atoms with E-state index in [-0.39, 0.29) is 0 Å². The summed E-state index contributed by atoms with van der Waals surface area (Å²) in [6.07, 6.45) is 4.35. The molecule has 0 radical (unpaired) electrons. The van der Waals surface area contributed by atoms with Gasteiger partial charge < -0.3 is 19.5 Å². The molecule has 2 rings (SSSR count). The Morgan fingerprint density at radius 1 is 1.61 bits per heavy atom. The molecule has 1 unspecified atom stereocenters. The summed E-state index contributed by atoms with van der Waals surface area (Å²) in [6.45, 7) is 5.98. The van der Waals surface area contributed by atoms with Crippen LogP contribution in [0.2, 0.25) is 0 Å². The maximum Gasteiger partial charge on any atom is 0.205 e. The Morgan fingerprint density at radius 2 is 2.44 bits per heavy atom. The number of rotatable bonds is 6. The summed E-state index contributed by atoms with van der Waals surface area (Å²) in [5.74, 6) is 1.08. The third-order valence-electron chi connectivity index (χ3n) is 3.52. The van der Waals surface area contributed by atoms with Gasteiger partial charge in [0.15, 0.2) is 0 Å². The van der Waals surface area contributed by atoms with Gasteiger partial charge in [0.25, 0.3) is 0 Å². The average molecular weight is 252 g/mol. The minimum Gasteiger partial charge on any atom is -0.385 e. The first-order valence-electron chi connectivity index (χ1n) is 6.68. The van der Waals surface area contributed by atoms with Crippen molar-refractivity contribution in [3.8, 4) is 0 Å². The van der Waals surface area contributed by atoms with Gasteiger partial charge in [-0.15, -0.1) is 0 Å². The quantitative estimate of drug-likeness (QED) is 0.768. The van der Waals surface area contributed by atoms with E-state index in [2.05, 4.69) is 39.9 Å². The van der Waals surface area contributed by atoms with E-state index in [0.717, 1.165) is 44.3 Å². The fourth-order valence-corrected chi connectivity index (χ4v) is 2.49. The molecule has 102 valence electrons. The zero-order valence-corrected chi connectivity index (χ0v) is 11.6. The van der Waals surface area contributed by atoms with E-state index in [0.29, 0.717) is 6.04 Å². The van der Waals surface area contributed by atoms with Crippen molar-refractivity contribution in [2.75, 3.05) is 38.8 Å². The highest BCUT2D eigenvalue weighted by Gasteiger charge is 2.22.